The fraction of sp³-hybridized carbons (Fsp3) is 0.312. The molecule has 0 fully saturated rings. The molecule has 0 saturated heterocycles. The average molecular weight is 309 g/mol. The van der Waals surface area contributed by atoms with E-state index in [2.05, 4.69) is 5.32 Å². The van der Waals surface area contributed by atoms with Gasteiger partial charge in [0.2, 0.25) is 0 Å². The first kappa shape index (κ1) is 16.2. The Balaban J connectivity index is 2.12. The third-order valence-corrected chi connectivity index (χ3v) is 3.39. The summed E-state index contributed by atoms with van der Waals surface area (Å²) < 4.78 is 31.9. The van der Waals surface area contributed by atoms with Crippen LogP contribution in [0.5, 0.6) is 0 Å². The van der Waals surface area contributed by atoms with Crippen molar-refractivity contribution >= 4 is 5.91 Å². The smallest absolute Gasteiger partial charge is 0.254 e. The number of aliphatic hydroxyl groups is 1. The lowest BCUT2D eigenvalue weighted by atomic mass is 9.95. The van der Waals surface area contributed by atoms with Gasteiger partial charge in [-0.3, -0.25) is 4.79 Å². The molecule has 0 bridgehead atoms. The number of hydrogen-bond acceptors (Lipinski definition) is 3. The maximum absolute atomic E-state index is 13.7. The molecule has 0 aliphatic rings. The van der Waals surface area contributed by atoms with Gasteiger partial charge in [-0.15, -0.1) is 0 Å². The molecular formula is C16H17F2NO3. The summed E-state index contributed by atoms with van der Waals surface area (Å²) in [6.07, 6.45) is 0. The normalized spacial score (nSPS) is 13.7. The van der Waals surface area contributed by atoms with E-state index in [4.69, 9.17) is 4.42 Å². The highest BCUT2D eigenvalue weighted by atomic mass is 19.1. The van der Waals surface area contributed by atoms with Crippen LogP contribution in [0.1, 0.15) is 34.4 Å². The molecule has 0 radical (unpaired) electrons. The quantitative estimate of drug-likeness (QED) is 0.913. The van der Waals surface area contributed by atoms with Crippen molar-refractivity contribution in [1.82, 2.24) is 5.32 Å². The van der Waals surface area contributed by atoms with Gasteiger partial charge in [-0.05, 0) is 32.9 Å². The zero-order valence-electron chi connectivity index (χ0n) is 12.5. The number of halogens is 2. The van der Waals surface area contributed by atoms with Crippen molar-refractivity contribution in [2.24, 2.45) is 0 Å². The molecule has 0 saturated carbocycles. The summed E-state index contributed by atoms with van der Waals surface area (Å²) in [6.45, 7) is 4.49. The van der Waals surface area contributed by atoms with Crippen LogP contribution in [0.2, 0.25) is 0 Å². The predicted molar refractivity (Wildman–Crippen MR) is 76.4 cm³/mol. The molecule has 2 N–H and O–H groups in total. The SMILES string of the molecule is Cc1cc(C(=O)NCC(C)(O)c2ccc(F)cc2F)c(C)o1. The van der Waals surface area contributed by atoms with Gasteiger partial charge in [0.15, 0.2) is 0 Å². The van der Waals surface area contributed by atoms with Gasteiger partial charge in [0.25, 0.3) is 5.91 Å². The van der Waals surface area contributed by atoms with Gasteiger partial charge in [0.05, 0.1) is 12.1 Å². The Morgan fingerprint density at radius 2 is 2.00 bits per heavy atom. The zero-order chi connectivity index (χ0) is 16.5. The van der Waals surface area contributed by atoms with Crippen molar-refractivity contribution in [1.29, 1.82) is 0 Å². The molecule has 1 unspecified atom stereocenters. The van der Waals surface area contributed by atoms with Crippen LogP contribution >= 0.6 is 0 Å². The molecule has 1 heterocycles. The maximum Gasteiger partial charge on any atom is 0.254 e. The van der Waals surface area contributed by atoms with Crippen LogP contribution in [-0.2, 0) is 5.60 Å². The minimum Gasteiger partial charge on any atom is -0.466 e. The number of nitrogens with one attached hydrogen (secondary N) is 1. The van der Waals surface area contributed by atoms with Gasteiger partial charge < -0.3 is 14.8 Å². The molecule has 1 atom stereocenters. The number of carbonyl (C=O) groups excluding carboxylic acids is 1. The summed E-state index contributed by atoms with van der Waals surface area (Å²) in [4.78, 5) is 12.1. The second kappa shape index (κ2) is 5.88. The van der Waals surface area contributed by atoms with Crippen molar-refractivity contribution < 1.29 is 23.1 Å². The van der Waals surface area contributed by atoms with E-state index in [1.165, 1.54) is 6.92 Å². The Bertz CT molecular complexity index is 707. The van der Waals surface area contributed by atoms with E-state index in [0.29, 0.717) is 23.2 Å². The molecule has 0 aliphatic carbocycles. The van der Waals surface area contributed by atoms with Crippen molar-refractivity contribution in [3.05, 3.63) is 58.5 Å². The number of rotatable bonds is 4. The Kier molecular flexibility index (Phi) is 4.32. The van der Waals surface area contributed by atoms with Crippen LogP contribution < -0.4 is 5.32 Å². The monoisotopic (exact) mass is 309 g/mol. The van der Waals surface area contributed by atoms with Gasteiger partial charge in [-0.25, -0.2) is 8.78 Å². The highest BCUT2D eigenvalue weighted by Crippen LogP contribution is 2.24. The topological polar surface area (TPSA) is 62.5 Å². The van der Waals surface area contributed by atoms with E-state index < -0.39 is 23.1 Å². The van der Waals surface area contributed by atoms with E-state index in [0.717, 1.165) is 12.1 Å². The molecule has 2 rings (SSSR count). The lowest BCUT2D eigenvalue weighted by Crippen LogP contribution is -2.39. The molecular weight excluding hydrogens is 292 g/mol. The molecule has 22 heavy (non-hydrogen) atoms. The largest absolute Gasteiger partial charge is 0.466 e. The second-order valence-corrected chi connectivity index (χ2v) is 5.41. The molecule has 0 aliphatic heterocycles. The first-order valence-electron chi connectivity index (χ1n) is 6.74. The van der Waals surface area contributed by atoms with Crippen LogP contribution in [-0.4, -0.2) is 17.6 Å². The minimum absolute atomic E-state index is 0.0886. The van der Waals surface area contributed by atoms with Crippen molar-refractivity contribution in [3.63, 3.8) is 0 Å². The fourth-order valence-corrected chi connectivity index (χ4v) is 2.23. The summed E-state index contributed by atoms with van der Waals surface area (Å²) in [5, 5.41) is 12.9. The molecule has 2 aromatic rings. The maximum atomic E-state index is 13.7. The standard InChI is InChI=1S/C16H17F2NO3/c1-9-6-12(10(2)22-9)15(20)19-8-16(3,21)13-5-4-11(17)7-14(13)18/h4-7,21H,8H2,1-3H3,(H,19,20). The molecule has 1 amide bonds. The third kappa shape index (κ3) is 3.33. The van der Waals surface area contributed by atoms with E-state index in [9.17, 15) is 18.7 Å². The molecule has 1 aromatic heterocycles. The summed E-state index contributed by atoms with van der Waals surface area (Å²) in [5.41, 5.74) is -1.40. The zero-order valence-corrected chi connectivity index (χ0v) is 12.5. The molecule has 118 valence electrons. The van der Waals surface area contributed by atoms with Gasteiger partial charge >= 0.3 is 0 Å². The van der Waals surface area contributed by atoms with Crippen LogP contribution in [0.4, 0.5) is 8.78 Å². The lowest BCUT2D eigenvalue weighted by molar-refractivity contribution is 0.0494. The van der Waals surface area contributed by atoms with E-state index >= 15 is 0 Å². The highest BCUT2D eigenvalue weighted by molar-refractivity contribution is 5.95. The van der Waals surface area contributed by atoms with Crippen molar-refractivity contribution in [2.75, 3.05) is 6.54 Å². The first-order chi connectivity index (χ1) is 10.2. The fourth-order valence-electron chi connectivity index (χ4n) is 2.23. The third-order valence-electron chi connectivity index (χ3n) is 3.39. The Morgan fingerprint density at radius 3 is 2.55 bits per heavy atom. The summed E-state index contributed by atoms with van der Waals surface area (Å²) in [6, 6.07) is 4.48. The molecule has 0 spiro atoms. The second-order valence-electron chi connectivity index (χ2n) is 5.41. The average Bonchev–Trinajstić information content (AvgIpc) is 2.74. The van der Waals surface area contributed by atoms with Gasteiger partial charge in [-0.1, -0.05) is 6.07 Å². The highest BCUT2D eigenvalue weighted by Gasteiger charge is 2.28. The predicted octanol–water partition coefficient (Wildman–Crippen LogP) is 2.81. The van der Waals surface area contributed by atoms with Crippen LogP contribution in [0.15, 0.2) is 28.7 Å². The lowest BCUT2D eigenvalue weighted by Gasteiger charge is -2.24. The molecule has 6 heteroatoms. The van der Waals surface area contributed by atoms with Gasteiger partial charge in [0, 0.05) is 11.6 Å². The van der Waals surface area contributed by atoms with Gasteiger partial charge in [0.1, 0.15) is 28.8 Å². The van der Waals surface area contributed by atoms with Gasteiger partial charge in [-0.2, -0.15) is 0 Å². The van der Waals surface area contributed by atoms with E-state index in [-0.39, 0.29) is 12.1 Å². The van der Waals surface area contributed by atoms with Crippen molar-refractivity contribution in [3.8, 4) is 0 Å². The summed E-state index contributed by atoms with van der Waals surface area (Å²) in [5.74, 6) is -0.973. The van der Waals surface area contributed by atoms with E-state index in [1.807, 2.05) is 0 Å². The first-order valence-corrected chi connectivity index (χ1v) is 6.74. The summed E-state index contributed by atoms with van der Waals surface area (Å²) in [7, 11) is 0. The molecule has 4 nitrogen and oxygen atoms in total. The number of carbonyl (C=O) groups is 1. The molecule has 1 aromatic carbocycles. The van der Waals surface area contributed by atoms with E-state index in [1.54, 1.807) is 19.9 Å². The Labute approximate surface area is 126 Å². The number of amides is 1. The Morgan fingerprint density at radius 1 is 1.32 bits per heavy atom. The minimum atomic E-state index is -1.67. The van der Waals surface area contributed by atoms with Crippen LogP contribution in [0, 0.1) is 25.5 Å². The van der Waals surface area contributed by atoms with Crippen molar-refractivity contribution in [2.45, 2.75) is 26.4 Å². The number of hydrogen-bond donors (Lipinski definition) is 2. The number of furan rings is 1. The van der Waals surface area contributed by atoms with Crippen LogP contribution in [0.3, 0.4) is 0 Å². The summed E-state index contributed by atoms with van der Waals surface area (Å²) >= 11 is 0. The van der Waals surface area contributed by atoms with Crippen LogP contribution in [0.25, 0.3) is 0 Å². The number of benzene rings is 1. The Hall–Kier alpha value is -2.21. The number of aryl methyl sites for hydroxylation is 2.